The normalized spacial score (nSPS) is 11.1. The van der Waals surface area contributed by atoms with E-state index in [1.54, 1.807) is 0 Å². The summed E-state index contributed by atoms with van der Waals surface area (Å²) < 4.78 is 5.64. The highest BCUT2D eigenvalue weighted by atomic mass is 16.3. The van der Waals surface area contributed by atoms with Crippen molar-refractivity contribution in [1.29, 1.82) is 0 Å². The predicted octanol–water partition coefficient (Wildman–Crippen LogP) is 2.34. The fourth-order valence-electron chi connectivity index (χ4n) is 1.59. The summed E-state index contributed by atoms with van der Waals surface area (Å²) in [6.07, 6.45) is 1.74. The number of fused-ring (bicyclic) bond motifs is 1. The van der Waals surface area contributed by atoms with E-state index in [-0.39, 0.29) is 0 Å². The SMILES string of the molecule is Cc1cc2nc(CCCN)oc2cc1C. The molecule has 0 aliphatic carbocycles. The lowest BCUT2D eigenvalue weighted by Crippen LogP contribution is -2.00. The van der Waals surface area contributed by atoms with Crippen LogP contribution in [0.2, 0.25) is 0 Å². The molecule has 0 bridgehead atoms. The molecule has 1 aromatic carbocycles. The Kier molecular flexibility index (Phi) is 2.73. The van der Waals surface area contributed by atoms with Gasteiger partial charge >= 0.3 is 0 Å². The van der Waals surface area contributed by atoms with Gasteiger partial charge in [-0.05, 0) is 50.1 Å². The zero-order chi connectivity index (χ0) is 10.8. The van der Waals surface area contributed by atoms with Crippen molar-refractivity contribution < 1.29 is 4.42 Å². The van der Waals surface area contributed by atoms with Gasteiger partial charge in [-0.15, -0.1) is 0 Å². The van der Waals surface area contributed by atoms with Crippen LogP contribution in [0.3, 0.4) is 0 Å². The summed E-state index contributed by atoms with van der Waals surface area (Å²) in [4.78, 5) is 4.43. The molecule has 0 saturated heterocycles. The zero-order valence-corrected chi connectivity index (χ0v) is 9.21. The molecule has 2 N–H and O–H groups in total. The number of hydrogen-bond donors (Lipinski definition) is 1. The molecule has 1 aromatic heterocycles. The van der Waals surface area contributed by atoms with Crippen LogP contribution in [-0.2, 0) is 6.42 Å². The Bertz CT molecular complexity index is 435. The quantitative estimate of drug-likeness (QED) is 0.834. The van der Waals surface area contributed by atoms with E-state index in [2.05, 4.69) is 24.9 Å². The molecule has 0 amide bonds. The van der Waals surface area contributed by atoms with Gasteiger partial charge in [-0.2, -0.15) is 0 Å². The summed E-state index contributed by atoms with van der Waals surface area (Å²) in [6, 6.07) is 4.11. The van der Waals surface area contributed by atoms with Gasteiger partial charge in [-0.25, -0.2) is 4.98 Å². The summed E-state index contributed by atoms with van der Waals surface area (Å²) in [7, 11) is 0. The zero-order valence-electron chi connectivity index (χ0n) is 9.21. The Balaban J connectivity index is 2.38. The highest BCUT2D eigenvalue weighted by molar-refractivity contribution is 5.74. The summed E-state index contributed by atoms with van der Waals surface area (Å²) in [5.41, 5.74) is 9.77. The first-order valence-corrected chi connectivity index (χ1v) is 5.27. The summed E-state index contributed by atoms with van der Waals surface area (Å²) in [5, 5.41) is 0. The molecule has 1 heterocycles. The van der Waals surface area contributed by atoms with Gasteiger partial charge in [0.2, 0.25) is 0 Å². The van der Waals surface area contributed by atoms with Crippen molar-refractivity contribution >= 4 is 11.1 Å². The standard InChI is InChI=1S/C12H16N2O/c1-8-6-10-11(7-9(8)2)15-12(14-10)4-3-5-13/h6-7H,3-5,13H2,1-2H3. The van der Waals surface area contributed by atoms with Crippen LogP contribution in [0.4, 0.5) is 0 Å². The van der Waals surface area contributed by atoms with E-state index in [0.29, 0.717) is 6.54 Å². The molecule has 0 fully saturated rings. The highest BCUT2D eigenvalue weighted by Crippen LogP contribution is 2.20. The monoisotopic (exact) mass is 204 g/mol. The van der Waals surface area contributed by atoms with Crippen molar-refractivity contribution in [2.75, 3.05) is 6.54 Å². The Morgan fingerprint density at radius 1 is 1.27 bits per heavy atom. The minimum absolute atomic E-state index is 0.677. The minimum Gasteiger partial charge on any atom is -0.441 e. The summed E-state index contributed by atoms with van der Waals surface area (Å²) >= 11 is 0. The van der Waals surface area contributed by atoms with Gasteiger partial charge in [-0.1, -0.05) is 0 Å². The first-order chi connectivity index (χ1) is 7.20. The fourth-order valence-corrected chi connectivity index (χ4v) is 1.59. The molecule has 3 heteroatoms. The number of hydrogen-bond acceptors (Lipinski definition) is 3. The second-order valence-corrected chi connectivity index (χ2v) is 3.90. The van der Waals surface area contributed by atoms with E-state index < -0.39 is 0 Å². The van der Waals surface area contributed by atoms with Crippen LogP contribution in [0.25, 0.3) is 11.1 Å². The number of aromatic nitrogens is 1. The van der Waals surface area contributed by atoms with Gasteiger partial charge in [0.15, 0.2) is 11.5 Å². The molecule has 0 aliphatic rings. The molecule has 0 aliphatic heterocycles. The van der Waals surface area contributed by atoms with Crippen molar-refractivity contribution in [2.24, 2.45) is 5.73 Å². The van der Waals surface area contributed by atoms with Crippen molar-refractivity contribution in [3.63, 3.8) is 0 Å². The molecule has 3 nitrogen and oxygen atoms in total. The van der Waals surface area contributed by atoms with E-state index in [4.69, 9.17) is 10.2 Å². The first-order valence-electron chi connectivity index (χ1n) is 5.27. The van der Waals surface area contributed by atoms with Crippen molar-refractivity contribution in [1.82, 2.24) is 4.98 Å². The smallest absolute Gasteiger partial charge is 0.195 e. The third kappa shape index (κ3) is 2.02. The lowest BCUT2D eigenvalue weighted by Gasteiger charge is -1.96. The summed E-state index contributed by atoms with van der Waals surface area (Å²) in [6.45, 7) is 4.84. The first kappa shape index (κ1) is 10.2. The molecule has 0 unspecified atom stereocenters. The third-order valence-corrected chi connectivity index (χ3v) is 2.64. The van der Waals surface area contributed by atoms with Crippen LogP contribution < -0.4 is 5.73 Å². The van der Waals surface area contributed by atoms with Crippen LogP contribution in [0, 0.1) is 13.8 Å². The van der Waals surface area contributed by atoms with Crippen LogP contribution in [0.15, 0.2) is 16.5 Å². The molecular weight excluding hydrogens is 188 g/mol. The largest absolute Gasteiger partial charge is 0.441 e. The Morgan fingerprint density at radius 3 is 2.73 bits per heavy atom. The molecule has 0 spiro atoms. The average Bonchev–Trinajstić information content (AvgIpc) is 2.58. The van der Waals surface area contributed by atoms with Crippen LogP contribution in [0.1, 0.15) is 23.4 Å². The van der Waals surface area contributed by atoms with Crippen LogP contribution in [-0.4, -0.2) is 11.5 Å². The number of oxazole rings is 1. The molecular formula is C12H16N2O. The third-order valence-electron chi connectivity index (χ3n) is 2.64. The van der Waals surface area contributed by atoms with Gasteiger partial charge in [-0.3, -0.25) is 0 Å². The van der Waals surface area contributed by atoms with Crippen molar-refractivity contribution in [3.8, 4) is 0 Å². The second-order valence-electron chi connectivity index (χ2n) is 3.90. The summed E-state index contributed by atoms with van der Waals surface area (Å²) in [5.74, 6) is 0.792. The Labute approximate surface area is 89.3 Å². The number of nitrogens with zero attached hydrogens (tertiary/aromatic N) is 1. The van der Waals surface area contributed by atoms with Crippen LogP contribution >= 0.6 is 0 Å². The minimum atomic E-state index is 0.677. The van der Waals surface area contributed by atoms with E-state index in [1.165, 1.54) is 11.1 Å². The van der Waals surface area contributed by atoms with E-state index >= 15 is 0 Å². The van der Waals surface area contributed by atoms with E-state index in [9.17, 15) is 0 Å². The average molecular weight is 204 g/mol. The number of nitrogens with two attached hydrogens (primary N) is 1. The molecule has 0 saturated carbocycles. The maximum atomic E-state index is 5.64. The molecule has 0 radical (unpaired) electrons. The highest BCUT2D eigenvalue weighted by Gasteiger charge is 2.06. The second kappa shape index (κ2) is 4.03. The lowest BCUT2D eigenvalue weighted by atomic mass is 10.1. The maximum Gasteiger partial charge on any atom is 0.195 e. The Hall–Kier alpha value is -1.35. The van der Waals surface area contributed by atoms with E-state index in [0.717, 1.165) is 29.8 Å². The van der Waals surface area contributed by atoms with Crippen LogP contribution in [0.5, 0.6) is 0 Å². The molecule has 2 rings (SSSR count). The maximum absolute atomic E-state index is 5.64. The lowest BCUT2D eigenvalue weighted by molar-refractivity contribution is 0.521. The molecule has 0 atom stereocenters. The van der Waals surface area contributed by atoms with E-state index in [1.807, 2.05) is 6.07 Å². The van der Waals surface area contributed by atoms with Crippen molar-refractivity contribution in [2.45, 2.75) is 26.7 Å². The van der Waals surface area contributed by atoms with Gasteiger partial charge in [0.25, 0.3) is 0 Å². The van der Waals surface area contributed by atoms with Gasteiger partial charge in [0.05, 0.1) is 0 Å². The molecule has 2 aromatic rings. The predicted molar refractivity (Wildman–Crippen MR) is 60.9 cm³/mol. The van der Waals surface area contributed by atoms with Gasteiger partial charge in [0, 0.05) is 6.42 Å². The number of aryl methyl sites for hydroxylation is 3. The fraction of sp³-hybridized carbons (Fsp3) is 0.417. The topological polar surface area (TPSA) is 52.0 Å². The molecule has 15 heavy (non-hydrogen) atoms. The van der Waals surface area contributed by atoms with Gasteiger partial charge < -0.3 is 10.2 Å². The van der Waals surface area contributed by atoms with Crippen molar-refractivity contribution in [3.05, 3.63) is 29.2 Å². The Morgan fingerprint density at radius 2 is 2.00 bits per heavy atom. The van der Waals surface area contributed by atoms with Gasteiger partial charge in [0.1, 0.15) is 5.52 Å². The molecule has 80 valence electrons. The number of benzene rings is 1. The number of rotatable bonds is 3.